The van der Waals surface area contributed by atoms with Crippen LogP contribution in [-0.2, 0) is 6.54 Å². The van der Waals surface area contributed by atoms with Gasteiger partial charge in [-0.25, -0.2) is 9.97 Å². The predicted octanol–water partition coefficient (Wildman–Crippen LogP) is 2.97. The second-order valence-electron chi connectivity index (χ2n) is 4.97. The second-order valence-corrected chi connectivity index (χ2v) is 6.20. The molecule has 0 aliphatic heterocycles. The van der Waals surface area contributed by atoms with Crippen molar-refractivity contribution >= 4 is 27.4 Å². The predicted molar refractivity (Wildman–Crippen MR) is 88.7 cm³/mol. The zero-order chi connectivity index (χ0) is 14.7. The van der Waals surface area contributed by atoms with Crippen LogP contribution >= 0.6 is 11.3 Å². The lowest BCUT2D eigenvalue weighted by molar-refractivity contribution is 0.778. The Morgan fingerprint density at radius 3 is 2.76 bits per heavy atom. The third-order valence-corrected chi connectivity index (χ3v) is 4.30. The second kappa shape index (κ2) is 6.20. The molecular weight excluding hydrogens is 280 g/mol. The van der Waals surface area contributed by atoms with Gasteiger partial charge in [-0.2, -0.15) is 0 Å². The van der Waals surface area contributed by atoms with Crippen LogP contribution in [0.3, 0.4) is 0 Å². The first kappa shape index (κ1) is 14.0. The molecule has 2 aromatic heterocycles. The molecule has 3 rings (SSSR count). The summed E-state index contributed by atoms with van der Waals surface area (Å²) in [6, 6.07) is 12.5. The number of aryl methyl sites for hydroxylation is 1. The number of nitrogens with two attached hydrogens (primary N) is 1. The Kier molecular flexibility index (Phi) is 4.13. The van der Waals surface area contributed by atoms with Crippen molar-refractivity contribution in [1.29, 1.82) is 0 Å². The van der Waals surface area contributed by atoms with Crippen molar-refractivity contribution in [2.24, 2.45) is 5.73 Å². The minimum atomic E-state index is 0.599. The Bertz CT molecular complexity index is 723. The number of thiophene rings is 1. The van der Waals surface area contributed by atoms with Gasteiger partial charge in [-0.1, -0.05) is 30.3 Å². The van der Waals surface area contributed by atoms with Gasteiger partial charge in [-0.05, 0) is 18.6 Å². The van der Waals surface area contributed by atoms with Crippen LogP contribution in [0, 0.1) is 6.92 Å². The van der Waals surface area contributed by atoms with E-state index in [1.54, 1.807) is 17.7 Å². The average molecular weight is 298 g/mol. The first-order valence-corrected chi connectivity index (χ1v) is 7.79. The van der Waals surface area contributed by atoms with Gasteiger partial charge in [0.2, 0.25) is 0 Å². The zero-order valence-electron chi connectivity index (χ0n) is 12.0. The Morgan fingerprint density at radius 1 is 1.19 bits per heavy atom. The Balaban J connectivity index is 1.99. The van der Waals surface area contributed by atoms with Gasteiger partial charge in [-0.3, -0.25) is 0 Å². The standard InChI is InChI=1S/C16H18N4S/c1-12-9-14-15(18-11-19-16(14)21-12)20(8-7-17)10-13-5-3-2-4-6-13/h2-6,9,11H,7-8,10,17H2,1H3. The molecule has 0 aliphatic carbocycles. The third-order valence-electron chi connectivity index (χ3n) is 3.35. The van der Waals surface area contributed by atoms with Crippen LogP contribution in [0.5, 0.6) is 0 Å². The van der Waals surface area contributed by atoms with E-state index in [-0.39, 0.29) is 0 Å². The molecule has 0 amide bonds. The number of benzene rings is 1. The summed E-state index contributed by atoms with van der Waals surface area (Å²) in [7, 11) is 0. The molecule has 0 aliphatic rings. The summed E-state index contributed by atoms with van der Waals surface area (Å²) in [6.07, 6.45) is 1.64. The Hall–Kier alpha value is -1.98. The Morgan fingerprint density at radius 2 is 2.00 bits per heavy atom. The van der Waals surface area contributed by atoms with Gasteiger partial charge in [0, 0.05) is 24.5 Å². The minimum Gasteiger partial charge on any atom is -0.350 e. The van der Waals surface area contributed by atoms with Gasteiger partial charge >= 0.3 is 0 Å². The lowest BCUT2D eigenvalue weighted by Crippen LogP contribution is -2.29. The van der Waals surface area contributed by atoms with E-state index < -0.39 is 0 Å². The topological polar surface area (TPSA) is 55.0 Å². The van der Waals surface area contributed by atoms with Gasteiger partial charge in [0.15, 0.2) is 0 Å². The molecule has 2 N–H and O–H groups in total. The summed E-state index contributed by atoms with van der Waals surface area (Å²) >= 11 is 1.70. The van der Waals surface area contributed by atoms with Crippen molar-refractivity contribution in [1.82, 2.24) is 9.97 Å². The maximum Gasteiger partial charge on any atom is 0.141 e. The molecule has 0 atom stereocenters. The number of rotatable bonds is 5. The monoisotopic (exact) mass is 298 g/mol. The van der Waals surface area contributed by atoms with Crippen LogP contribution in [0.1, 0.15) is 10.4 Å². The van der Waals surface area contributed by atoms with E-state index in [2.05, 4.69) is 52.1 Å². The molecule has 21 heavy (non-hydrogen) atoms. The van der Waals surface area contributed by atoms with Crippen molar-refractivity contribution < 1.29 is 0 Å². The van der Waals surface area contributed by atoms with Gasteiger partial charge in [0.05, 0.1) is 5.39 Å². The number of nitrogens with zero attached hydrogens (tertiary/aromatic N) is 3. The molecule has 0 saturated heterocycles. The summed E-state index contributed by atoms with van der Waals surface area (Å²) < 4.78 is 0. The molecule has 4 nitrogen and oxygen atoms in total. The molecule has 2 heterocycles. The number of hydrogen-bond donors (Lipinski definition) is 1. The average Bonchev–Trinajstić information content (AvgIpc) is 2.88. The van der Waals surface area contributed by atoms with Crippen LogP contribution in [0.15, 0.2) is 42.7 Å². The normalized spacial score (nSPS) is 11.0. The largest absolute Gasteiger partial charge is 0.350 e. The van der Waals surface area contributed by atoms with Crippen LogP contribution < -0.4 is 10.6 Å². The van der Waals surface area contributed by atoms with E-state index in [1.165, 1.54) is 10.4 Å². The number of anilines is 1. The third kappa shape index (κ3) is 3.04. The summed E-state index contributed by atoms with van der Waals surface area (Å²) in [5, 5.41) is 1.12. The molecule has 0 spiro atoms. The number of fused-ring (bicyclic) bond motifs is 1. The van der Waals surface area contributed by atoms with Gasteiger partial charge < -0.3 is 10.6 Å². The fraction of sp³-hybridized carbons (Fsp3) is 0.250. The van der Waals surface area contributed by atoms with E-state index >= 15 is 0 Å². The highest BCUT2D eigenvalue weighted by Gasteiger charge is 2.14. The zero-order valence-corrected chi connectivity index (χ0v) is 12.8. The highest BCUT2D eigenvalue weighted by Crippen LogP contribution is 2.30. The van der Waals surface area contributed by atoms with Crippen LogP contribution in [0.2, 0.25) is 0 Å². The molecule has 5 heteroatoms. The minimum absolute atomic E-state index is 0.599. The van der Waals surface area contributed by atoms with E-state index in [9.17, 15) is 0 Å². The molecule has 1 aromatic carbocycles. The summed E-state index contributed by atoms with van der Waals surface area (Å²) in [6.45, 7) is 4.27. The van der Waals surface area contributed by atoms with Crippen molar-refractivity contribution in [2.45, 2.75) is 13.5 Å². The fourth-order valence-electron chi connectivity index (χ4n) is 2.44. The van der Waals surface area contributed by atoms with Gasteiger partial charge in [0.25, 0.3) is 0 Å². The van der Waals surface area contributed by atoms with E-state index in [0.29, 0.717) is 6.54 Å². The van der Waals surface area contributed by atoms with Crippen LogP contribution in [0.25, 0.3) is 10.2 Å². The van der Waals surface area contributed by atoms with E-state index in [1.807, 2.05) is 6.07 Å². The van der Waals surface area contributed by atoms with Gasteiger partial charge in [0.1, 0.15) is 17.0 Å². The lowest BCUT2D eigenvalue weighted by Gasteiger charge is -2.23. The Labute approximate surface area is 128 Å². The smallest absolute Gasteiger partial charge is 0.141 e. The van der Waals surface area contributed by atoms with Crippen molar-refractivity contribution in [3.8, 4) is 0 Å². The summed E-state index contributed by atoms with van der Waals surface area (Å²) in [4.78, 5) is 13.4. The maximum atomic E-state index is 5.79. The summed E-state index contributed by atoms with van der Waals surface area (Å²) in [5.41, 5.74) is 7.04. The fourth-order valence-corrected chi connectivity index (χ4v) is 3.28. The molecule has 0 bridgehead atoms. The molecule has 108 valence electrons. The molecule has 0 saturated carbocycles. The van der Waals surface area contributed by atoms with Crippen molar-refractivity contribution in [3.63, 3.8) is 0 Å². The molecule has 0 fully saturated rings. The van der Waals surface area contributed by atoms with Gasteiger partial charge in [-0.15, -0.1) is 11.3 Å². The van der Waals surface area contributed by atoms with Crippen LogP contribution in [0.4, 0.5) is 5.82 Å². The molecule has 0 unspecified atom stereocenters. The van der Waals surface area contributed by atoms with E-state index in [4.69, 9.17) is 5.73 Å². The lowest BCUT2D eigenvalue weighted by atomic mass is 10.2. The molecular formula is C16H18N4S. The first-order valence-electron chi connectivity index (χ1n) is 6.98. The van der Waals surface area contributed by atoms with Crippen LogP contribution in [-0.4, -0.2) is 23.1 Å². The van der Waals surface area contributed by atoms with Crippen molar-refractivity contribution in [3.05, 3.63) is 53.2 Å². The molecule has 0 radical (unpaired) electrons. The molecule has 3 aromatic rings. The quantitative estimate of drug-likeness (QED) is 0.787. The highest BCUT2D eigenvalue weighted by molar-refractivity contribution is 7.18. The summed E-state index contributed by atoms with van der Waals surface area (Å²) in [5.74, 6) is 0.971. The SMILES string of the molecule is Cc1cc2c(N(CCN)Cc3ccccc3)ncnc2s1. The van der Waals surface area contributed by atoms with E-state index in [0.717, 1.165) is 29.1 Å². The maximum absolute atomic E-state index is 5.79. The highest BCUT2D eigenvalue weighted by atomic mass is 32.1. The number of aromatic nitrogens is 2. The first-order chi connectivity index (χ1) is 10.3. The number of hydrogen-bond acceptors (Lipinski definition) is 5. The van der Waals surface area contributed by atoms with Crippen molar-refractivity contribution in [2.75, 3.05) is 18.0 Å².